The zero-order valence-electron chi connectivity index (χ0n) is 63.9. The maximum absolute atomic E-state index is 6.14. The minimum atomic E-state index is 0.472. The van der Waals surface area contributed by atoms with Gasteiger partial charge in [0, 0.05) is 11.5 Å². The van der Waals surface area contributed by atoms with E-state index in [2.05, 4.69) is 291 Å². The van der Waals surface area contributed by atoms with Gasteiger partial charge in [-0.3, -0.25) is 0 Å². The second-order valence-corrected chi connectivity index (χ2v) is 34.0. The van der Waals surface area contributed by atoms with Crippen LogP contribution in [0.1, 0.15) is 151 Å². The van der Waals surface area contributed by atoms with Gasteiger partial charge in [-0.2, -0.15) is 0 Å². The first-order chi connectivity index (χ1) is 52.9. The van der Waals surface area contributed by atoms with Crippen molar-refractivity contribution in [3.63, 3.8) is 0 Å². The quantitative estimate of drug-likeness (QED) is 0.0422. The molecule has 8 aromatic rings. The summed E-state index contributed by atoms with van der Waals surface area (Å²) >= 11 is 0. The topological polar surface area (TPSA) is 27.7 Å². The van der Waals surface area contributed by atoms with Crippen molar-refractivity contribution in [3.05, 3.63) is 326 Å². The predicted octanol–water partition coefficient (Wildman–Crippen LogP) is 26.5. The van der Waals surface area contributed by atoms with Gasteiger partial charge in [0.2, 0.25) is 0 Å². The molecule has 12 aliphatic carbocycles. The highest BCUT2D eigenvalue weighted by Crippen LogP contribution is 2.50. The molecule has 0 radical (unpaired) electrons. The molecule has 107 heavy (non-hydrogen) atoms. The number of allylic oxidation sites excluding steroid dienone is 11. The zero-order valence-corrected chi connectivity index (χ0v) is 63.9. The number of hydrogen-bond acceptors (Lipinski definition) is 3. The van der Waals surface area contributed by atoms with Crippen molar-refractivity contribution < 1.29 is 14.2 Å². The molecule has 12 aliphatic rings. The minimum absolute atomic E-state index is 0.472. The van der Waals surface area contributed by atoms with Crippen LogP contribution < -0.4 is 9.47 Å². The fourth-order valence-electron chi connectivity index (χ4n) is 20.9. The van der Waals surface area contributed by atoms with Crippen LogP contribution in [-0.2, 0) is 30.6 Å². The van der Waals surface area contributed by atoms with Gasteiger partial charge in [0.15, 0.2) is 0 Å². The Morgan fingerprint density at radius 1 is 0.243 bits per heavy atom. The lowest BCUT2D eigenvalue weighted by Crippen LogP contribution is -2.17. The standard InChI is InChI=1S/2C21H22O.C17H22.C16H20.C15H18.C14H16O/c1-2-6-17(7-3-1)20-8-4-5-9-21(20)22-13-12-19-15-16-10-11-18(19)14-16;1-2-4-17(5-3-1)18-8-10-21(11-9-18)22-13-12-20-15-16-6-7-19(20)14-16;1-2-6-14(7-3-1)8-4-5-9-16-12-15-10-11-17(16)13-15;1-2-5-13(6-3-1)7-4-8-15-11-14-9-10-16(15)12-14;1-2-4-12(5-3-1)6-8-14-10-13-7-9-15(14)11-13;1-2-4-11(5-3-1)10-15-14-9-12-6-7-13(14)8-12/h1-11,16,18-19H,12-15H2;1-11,16,19-20H,12-15H2;1-3,6-7,10-11,15-17H,4-5,8-9,12-13H2;1-3,5-6,9-10,14-16H,4,7-8,11-12H2;1-5,7,9,13-15H,6,8,10-11H2;1-7,12-14H,8-10H2. The third-order valence-corrected chi connectivity index (χ3v) is 26.7. The number of unbranched alkanes of at least 4 members (excludes halogenated alkanes) is 1. The third kappa shape index (κ3) is 21.2. The van der Waals surface area contributed by atoms with Gasteiger partial charge in [-0.15, -0.1) is 0 Å². The van der Waals surface area contributed by atoms with E-state index in [0.29, 0.717) is 12.0 Å². The van der Waals surface area contributed by atoms with Crippen LogP contribution in [-0.4, -0.2) is 19.3 Å². The number of rotatable bonds is 25. The minimum Gasteiger partial charge on any atom is -0.494 e. The van der Waals surface area contributed by atoms with Gasteiger partial charge in [-0.1, -0.05) is 292 Å². The Bertz CT molecular complexity index is 4040. The van der Waals surface area contributed by atoms with Crippen LogP contribution in [0.5, 0.6) is 11.5 Å². The normalized spacial score (nSPS) is 29.0. The third-order valence-electron chi connectivity index (χ3n) is 26.7. The summed E-state index contributed by atoms with van der Waals surface area (Å²) in [6, 6.07) is 80.9. The molecule has 0 spiro atoms. The molecule has 0 saturated heterocycles. The summed E-state index contributed by atoms with van der Waals surface area (Å²) in [5.74, 6) is 17.1. The van der Waals surface area contributed by atoms with Crippen LogP contribution in [0.3, 0.4) is 0 Å². The van der Waals surface area contributed by atoms with E-state index in [1.165, 1.54) is 192 Å². The van der Waals surface area contributed by atoms with Gasteiger partial charge < -0.3 is 14.2 Å². The largest absolute Gasteiger partial charge is 0.494 e. The van der Waals surface area contributed by atoms with Gasteiger partial charge in [-0.25, -0.2) is 0 Å². The molecule has 3 nitrogen and oxygen atoms in total. The summed E-state index contributed by atoms with van der Waals surface area (Å²) < 4.78 is 18.1. The van der Waals surface area contributed by atoms with E-state index in [-0.39, 0.29) is 0 Å². The van der Waals surface area contributed by atoms with Crippen LogP contribution in [0, 0.1) is 101 Å². The highest BCUT2D eigenvalue weighted by molar-refractivity contribution is 5.70. The first-order valence-corrected chi connectivity index (χ1v) is 42.4. The van der Waals surface area contributed by atoms with Crippen molar-refractivity contribution in [2.75, 3.05) is 13.2 Å². The lowest BCUT2D eigenvalue weighted by Gasteiger charge is -2.19. The molecular formula is C104H120O3. The molecule has 12 bridgehead atoms. The van der Waals surface area contributed by atoms with Gasteiger partial charge in [0.05, 0.1) is 25.9 Å². The van der Waals surface area contributed by atoms with Crippen molar-refractivity contribution in [1.29, 1.82) is 0 Å². The maximum Gasteiger partial charge on any atom is 0.127 e. The maximum atomic E-state index is 6.14. The SMILES string of the molecule is C1=CC2CC1CC2CCCCc1ccccc1.C1=CC2CC1CC2CCCc1ccccc1.C1=CC2CC1CC2CCOc1ccc(-c2ccccc2)cc1.C1=CC2CC1CC2CCOc1ccccc1-c1ccccc1.C1=CC2CC1CC2CCc1ccccc1.C1=CC2CC1CC2OCc1ccccc1. The van der Waals surface area contributed by atoms with Crippen LogP contribution >= 0.6 is 0 Å². The van der Waals surface area contributed by atoms with Gasteiger partial charge >= 0.3 is 0 Å². The Labute approximate surface area is 643 Å². The summed E-state index contributed by atoms with van der Waals surface area (Å²) in [7, 11) is 0. The van der Waals surface area contributed by atoms with E-state index in [1.54, 1.807) is 0 Å². The van der Waals surface area contributed by atoms with E-state index in [4.69, 9.17) is 14.2 Å². The van der Waals surface area contributed by atoms with Crippen molar-refractivity contribution in [2.24, 2.45) is 101 Å². The molecule has 0 aromatic heterocycles. The van der Waals surface area contributed by atoms with Gasteiger partial charge in [-0.05, 0) is 293 Å². The number of benzene rings is 8. The summed E-state index contributed by atoms with van der Waals surface area (Å²) in [5.41, 5.74) is 10.7. The molecule has 0 N–H and O–H groups in total. The van der Waals surface area contributed by atoms with E-state index >= 15 is 0 Å². The average molecular weight is 1420 g/mol. The van der Waals surface area contributed by atoms with Crippen molar-refractivity contribution in [1.82, 2.24) is 0 Å². The van der Waals surface area contributed by atoms with E-state index < -0.39 is 0 Å². The second-order valence-electron chi connectivity index (χ2n) is 34.0. The number of fused-ring (bicyclic) bond motifs is 12. The molecule has 0 aliphatic heterocycles. The molecule has 3 heteroatoms. The Morgan fingerprint density at radius 2 is 0.598 bits per heavy atom. The molecule has 6 saturated carbocycles. The summed E-state index contributed by atoms with van der Waals surface area (Å²) in [4.78, 5) is 0. The van der Waals surface area contributed by atoms with Crippen LogP contribution in [0.2, 0.25) is 0 Å². The van der Waals surface area contributed by atoms with E-state index in [0.717, 1.165) is 126 Å². The lowest BCUT2D eigenvalue weighted by molar-refractivity contribution is 0.0245. The van der Waals surface area contributed by atoms with Crippen LogP contribution in [0.25, 0.3) is 22.3 Å². The smallest absolute Gasteiger partial charge is 0.127 e. The molecule has 554 valence electrons. The van der Waals surface area contributed by atoms with Crippen LogP contribution in [0.4, 0.5) is 0 Å². The number of ether oxygens (including phenoxy) is 3. The fourth-order valence-corrected chi connectivity index (χ4v) is 20.9. The Hall–Kier alpha value is -8.24. The Kier molecular flexibility index (Phi) is 26.5. The van der Waals surface area contributed by atoms with Crippen molar-refractivity contribution >= 4 is 0 Å². The Balaban J connectivity index is 0.000000103. The molecular weight excluding hydrogens is 1300 g/mol. The first-order valence-electron chi connectivity index (χ1n) is 42.4. The molecule has 20 rings (SSSR count). The highest BCUT2D eigenvalue weighted by Gasteiger charge is 2.40. The highest BCUT2D eigenvalue weighted by atomic mass is 16.5. The average Bonchev–Trinajstić information content (AvgIpc) is 1.68. The Morgan fingerprint density at radius 3 is 1.04 bits per heavy atom. The molecule has 8 aromatic carbocycles. The van der Waals surface area contributed by atoms with Gasteiger partial charge in [0.1, 0.15) is 11.5 Å². The predicted molar refractivity (Wildman–Crippen MR) is 447 cm³/mol. The second kappa shape index (κ2) is 38.2. The summed E-state index contributed by atoms with van der Waals surface area (Å²) in [6.45, 7) is 2.43. The van der Waals surface area contributed by atoms with E-state index in [9.17, 15) is 0 Å². The van der Waals surface area contributed by atoms with Crippen molar-refractivity contribution in [2.45, 2.75) is 160 Å². The first kappa shape index (κ1) is 74.2. The fraction of sp³-hybridized carbons (Fsp3) is 0.423. The number of hydrogen-bond donors (Lipinski definition) is 0. The van der Waals surface area contributed by atoms with E-state index in [1.807, 2.05) is 12.1 Å². The molecule has 0 heterocycles. The molecule has 18 atom stereocenters. The zero-order chi connectivity index (χ0) is 72.0. The molecule has 18 unspecified atom stereocenters. The van der Waals surface area contributed by atoms with Crippen LogP contribution in [0.15, 0.2) is 303 Å². The summed E-state index contributed by atoms with van der Waals surface area (Å²) in [6.07, 6.45) is 61.0. The number of para-hydroxylation sites is 1. The lowest BCUT2D eigenvalue weighted by atomic mass is 9.88. The molecule has 6 fully saturated rings. The van der Waals surface area contributed by atoms with Gasteiger partial charge in [0.25, 0.3) is 0 Å². The summed E-state index contributed by atoms with van der Waals surface area (Å²) in [5, 5.41) is 0. The number of aryl methyl sites for hydroxylation is 3. The van der Waals surface area contributed by atoms with Crippen molar-refractivity contribution in [3.8, 4) is 33.8 Å². The monoisotopic (exact) mass is 1420 g/mol. The molecule has 0 amide bonds.